The van der Waals surface area contributed by atoms with Crippen LogP contribution < -0.4 is 10.9 Å². The number of nitrogens with one attached hydrogen (secondary N) is 1. The second kappa shape index (κ2) is 8.94. The van der Waals surface area contributed by atoms with Crippen LogP contribution in [0.2, 0.25) is 0 Å². The van der Waals surface area contributed by atoms with Crippen molar-refractivity contribution in [2.24, 2.45) is 0 Å². The van der Waals surface area contributed by atoms with Gasteiger partial charge in [-0.3, -0.25) is 9.59 Å². The lowest BCUT2D eigenvalue weighted by Gasteiger charge is -2.14. The summed E-state index contributed by atoms with van der Waals surface area (Å²) in [6, 6.07) is 22.9. The highest BCUT2D eigenvalue weighted by Gasteiger charge is 2.11. The van der Waals surface area contributed by atoms with Gasteiger partial charge in [0.15, 0.2) is 0 Å². The quantitative estimate of drug-likeness (QED) is 0.703. The minimum absolute atomic E-state index is 0.0192. The molecular formula is C22H23N3O2. The van der Waals surface area contributed by atoms with Gasteiger partial charge < -0.3 is 5.32 Å². The average Bonchev–Trinajstić information content (AvgIpc) is 2.69. The average molecular weight is 361 g/mol. The number of aromatic nitrogens is 2. The van der Waals surface area contributed by atoms with Crippen molar-refractivity contribution in [1.82, 2.24) is 15.1 Å². The van der Waals surface area contributed by atoms with E-state index in [-0.39, 0.29) is 24.1 Å². The van der Waals surface area contributed by atoms with Gasteiger partial charge in [-0.1, -0.05) is 60.7 Å². The molecule has 0 fully saturated rings. The van der Waals surface area contributed by atoms with Crippen LogP contribution in [0.3, 0.4) is 0 Å². The number of hydrogen-bond acceptors (Lipinski definition) is 3. The van der Waals surface area contributed by atoms with E-state index < -0.39 is 0 Å². The first-order valence-corrected chi connectivity index (χ1v) is 9.09. The lowest BCUT2D eigenvalue weighted by atomic mass is 10.1. The molecule has 0 unspecified atom stereocenters. The van der Waals surface area contributed by atoms with Gasteiger partial charge in [-0.15, -0.1) is 0 Å². The SMILES string of the molecule is C[C@@H](CCc1ccccc1)NC(=O)Cn1nc(-c2ccccc2)ccc1=O. The molecule has 27 heavy (non-hydrogen) atoms. The fourth-order valence-corrected chi connectivity index (χ4v) is 2.88. The minimum atomic E-state index is -0.290. The first-order chi connectivity index (χ1) is 13.1. The highest BCUT2D eigenvalue weighted by atomic mass is 16.2. The molecule has 5 heteroatoms. The van der Waals surface area contributed by atoms with Crippen LogP contribution in [0.4, 0.5) is 0 Å². The zero-order valence-corrected chi connectivity index (χ0v) is 15.3. The van der Waals surface area contributed by atoms with E-state index in [4.69, 9.17) is 0 Å². The van der Waals surface area contributed by atoms with E-state index in [0.717, 1.165) is 18.4 Å². The van der Waals surface area contributed by atoms with Crippen LogP contribution in [0.1, 0.15) is 18.9 Å². The molecule has 0 saturated heterocycles. The van der Waals surface area contributed by atoms with Gasteiger partial charge in [-0.25, -0.2) is 4.68 Å². The van der Waals surface area contributed by atoms with Crippen molar-refractivity contribution in [3.63, 3.8) is 0 Å². The third kappa shape index (κ3) is 5.38. The summed E-state index contributed by atoms with van der Waals surface area (Å²) in [7, 11) is 0. The number of carbonyl (C=O) groups is 1. The zero-order valence-electron chi connectivity index (χ0n) is 15.3. The fourth-order valence-electron chi connectivity index (χ4n) is 2.88. The molecule has 5 nitrogen and oxygen atoms in total. The second-order valence-corrected chi connectivity index (χ2v) is 6.57. The number of benzene rings is 2. The number of amides is 1. The van der Waals surface area contributed by atoms with E-state index >= 15 is 0 Å². The number of hydrogen-bond donors (Lipinski definition) is 1. The molecule has 1 N–H and O–H groups in total. The predicted octanol–water partition coefficient (Wildman–Crippen LogP) is 3.05. The Bertz CT molecular complexity index is 937. The normalized spacial score (nSPS) is 11.7. The Morgan fingerprint density at radius 2 is 1.67 bits per heavy atom. The highest BCUT2D eigenvalue weighted by Crippen LogP contribution is 2.13. The van der Waals surface area contributed by atoms with Crippen molar-refractivity contribution in [3.05, 3.63) is 88.7 Å². The van der Waals surface area contributed by atoms with Crippen LogP contribution in [-0.2, 0) is 17.8 Å². The van der Waals surface area contributed by atoms with Crippen LogP contribution in [-0.4, -0.2) is 21.7 Å². The number of nitrogens with zero attached hydrogens (tertiary/aromatic N) is 2. The van der Waals surface area contributed by atoms with Gasteiger partial charge in [0, 0.05) is 17.7 Å². The molecule has 1 amide bonds. The topological polar surface area (TPSA) is 64.0 Å². The summed E-state index contributed by atoms with van der Waals surface area (Å²) < 4.78 is 1.21. The Hall–Kier alpha value is -3.21. The molecule has 0 aliphatic carbocycles. The first-order valence-electron chi connectivity index (χ1n) is 9.09. The molecule has 3 rings (SSSR count). The van der Waals surface area contributed by atoms with Crippen LogP contribution >= 0.6 is 0 Å². The van der Waals surface area contributed by atoms with Crippen LogP contribution in [0.5, 0.6) is 0 Å². The minimum Gasteiger partial charge on any atom is -0.352 e. The molecule has 0 aliphatic heterocycles. The lowest BCUT2D eigenvalue weighted by Crippen LogP contribution is -2.38. The maximum Gasteiger partial charge on any atom is 0.267 e. The highest BCUT2D eigenvalue weighted by molar-refractivity contribution is 5.76. The summed E-state index contributed by atoms with van der Waals surface area (Å²) in [5.41, 5.74) is 2.52. The van der Waals surface area contributed by atoms with E-state index in [1.807, 2.05) is 55.5 Å². The molecule has 1 atom stereocenters. The van der Waals surface area contributed by atoms with Gasteiger partial charge in [0.25, 0.3) is 5.56 Å². The van der Waals surface area contributed by atoms with E-state index in [1.54, 1.807) is 6.07 Å². The summed E-state index contributed by atoms with van der Waals surface area (Å²) in [6.07, 6.45) is 1.73. The van der Waals surface area contributed by atoms with Gasteiger partial charge in [0.05, 0.1) is 5.69 Å². The molecule has 0 aliphatic rings. The monoisotopic (exact) mass is 361 g/mol. The van der Waals surface area contributed by atoms with Crippen LogP contribution in [0, 0.1) is 0 Å². The van der Waals surface area contributed by atoms with Crippen molar-refractivity contribution < 1.29 is 4.79 Å². The molecule has 0 saturated carbocycles. The second-order valence-electron chi connectivity index (χ2n) is 6.57. The first kappa shape index (κ1) is 18.6. The number of carbonyl (C=O) groups excluding carboxylic acids is 1. The smallest absolute Gasteiger partial charge is 0.267 e. The van der Waals surface area contributed by atoms with Crippen LogP contribution in [0.25, 0.3) is 11.3 Å². The van der Waals surface area contributed by atoms with Gasteiger partial charge >= 0.3 is 0 Å². The van der Waals surface area contributed by atoms with Crippen molar-refractivity contribution >= 4 is 5.91 Å². The summed E-state index contributed by atoms with van der Waals surface area (Å²) in [5, 5.41) is 7.27. The van der Waals surface area contributed by atoms with Gasteiger partial charge in [-0.2, -0.15) is 5.10 Å². The van der Waals surface area contributed by atoms with Crippen molar-refractivity contribution in [3.8, 4) is 11.3 Å². The maximum atomic E-state index is 12.3. The fraction of sp³-hybridized carbons (Fsp3) is 0.227. The molecule has 0 bridgehead atoms. The largest absolute Gasteiger partial charge is 0.352 e. The Kier molecular flexibility index (Phi) is 6.15. The maximum absolute atomic E-state index is 12.3. The molecule has 2 aromatic carbocycles. The third-order valence-corrected chi connectivity index (χ3v) is 4.35. The Balaban J connectivity index is 1.59. The number of rotatable bonds is 7. The van der Waals surface area contributed by atoms with Crippen molar-refractivity contribution in [1.29, 1.82) is 0 Å². The summed E-state index contributed by atoms with van der Waals surface area (Å²) in [5.74, 6) is -0.213. The van der Waals surface area contributed by atoms with Crippen molar-refractivity contribution in [2.45, 2.75) is 32.4 Å². The molecular weight excluding hydrogens is 338 g/mol. The molecule has 1 heterocycles. The molecule has 3 aromatic rings. The summed E-state index contributed by atoms with van der Waals surface area (Å²) in [4.78, 5) is 24.4. The number of aryl methyl sites for hydroxylation is 1. The van der Waals surface area contributed by atoms with Gasteiger partial charge in [-0.05, 0) is 31.4 Å². The Morgan fingerprint density at radius 3 is 2.37 bits per heavy atom. The summed E-state index contributed by atoms with van der Waals surface area (Å²) in [6.45, 7) is 1.88. The van der Waals surface area contributed by atoms with Crippen LogP contribution in [0.15, 0.2) is 77.6 Å². The Morgan fingerprint density at radius 1 is 1.00 bits per heavy atom. The van der Waals surface area contributed by atoms with Gasteiger partial charge in [0.2, 0.25) is 5.91 Å². The van der Waals surface area contributed by atoms with Gasteiger partial charge in [0.1, 0.15) is 6.54 Å². The third-order valence-electron chi connectivity index (χ3n) is 4.35. The molecule has 1 aromatic heterocycles. The standard InChI is InChI=1S/C22H23N3O2/c1-17(12-13-18-8-4-2-5-9-18)23-21(26)16-25-22(27)15-14-20(24-25)19-10-6-3-7-11-19/h2-11,14-15,17H,12-13,16H2,1H3,(H,23,26)/t17-/m0/s1. The molecule has 0 spiro atoms. The zero-order chi connectivity index (χ0) is 19.1. The van der Waals surface area contributed by atoms with Crippen molar-refractivity contribution in [2.75, 3.05) is 0 Å². The predicted molar refractivity (Wildman–Crippen MR) is 106 cm³/mol. The van der Waals surface area contributed by atoms with E-state index in [9.17, 15) is 9.59 Å². The molecule has 138 valence electrons. The van der Waals surface area contributed by atoms with E-state index in [0.29, 0.717) is 5.69 Å². The Labute approximate surface area is 158 Å². The van der Waals surface area contributed by atoms with E-state index in [1.165, 1.54) is 16.3 Å². The van der Waals surface area contributed by atoms with E-state index in [2.05, 4.69) is 22.5 Å². The molecule has 0 radical (unpaired) electrons. The summed E-state index contributed by atoms with van der Waals surface area (Å²) >= 11 is 0. The lowest BCUT2D eigenvalue weighted by molar-refractivity contribution is -0.122.